The molecule has 30 heavy (non-hydrogen) atoms. The fraction of sp³-hybridized carbons (Fsp3) is 0.417. The van der Waals surface area contributed by atoms with Crippen LogP contribution in [0.3, 0.4) is 0 Å². The second-order valence-electron chi connectivity index (χ2n) is 8.04. The summed E-state index contributed by atoms with van der Waals surface area (Å²) in [6.07, 6.45) is 9.56. The normalized spacial score (nSPS) is 19.8. The third-order valence-electron chi connectivity index (χ3n) is 5.79. The van der Waals surface area contributed by atoms with Crippen molar-refractivity contribution in [2.75, 3.05) is 6.54 Å². The van der Waals surface area contributed by atoms with Crippen molar-refractivity contribution in [3.8, 4) is 11.8 Å². The molecule has 1 atom stereocenters. The van der Waals surface area contributed by atoms with Crippen LogP contribution in [0.25, 0.3) is 0 Å². The number of nitrogens with one attached hydrogen (secondary N) is 2. The molecule has 3 rings (SSSR count). The number of halogens is 1. The lowest BCUT2D eigenvalue weighted by molar-refractivity contribution is -0.132. The van der Waals surface area contributed by atoms with E-state index in [4.69, 9.17) is 5.21 Å². The molecule has 158 valence electrons. The number of allylic oxidation sites excluding steroid dienone is 4. The van der Waals surface area contributed by atoms with E-state index in [-0.39, 0.29) is 17.7 Å². The number of hydrogen-bond acceptors (Lipinski definition) is 3. The number of rotatable bonds is 5. The molecule has 0 bridgehead atoms. The summed E-state index contributed by atoms with van der Waals surface area (Å²) in [6.45, 7) is 0.389. The Labute approximate surface area is 176 Å². The topological polar surface area (TPSA) is 78.4 Å². The molecule has 1 aromatic carbocycles. The minimum Gasteiger partial charge on any atom is -0.351 e. The van der Waals surface area contributed by atoms with Gasteiger partial charge in [-0.3, -0.25) is 14.8 Å². The Kier molecular flexibility index (Phi) is 7.42. The third kappa shape index (κ3) is 5.80. The van der Waals surface area contributed by atoms with Gasteiger partial charge in [-0.2, -0.15) is 0 Å². The lowest BCUT2D eigenvalue weighted by Crippen LogP contribution is -2.42. The highest BCUT2D eigenvalue weighted by Gasteiger charge is 2.34. The maximum absolute atomic E-state index is 13.8. The van der Waals surface area contributed by atoms with Crippen LogP contribution in [-0.4, -0.2) is 29.7 Å². The molecule has 6 heteroatoms. The Morgan fingerprint density at radius 3 is 2.53 bits per heavy atom. The minimum absolute atomic E-state index is 0.193. The van der Waals surface area contributed by atoms with Crippen molar-refractivity contribution < 1.29 is 19.2 Å². The Morgan fingerprint density at radius 1 is 1.13 bits per heavy atom. The van der Waals surface area contributed by atoms with E-state index in [9.17, 15) is 14.0 Å². The molecule has 2 amide bonds. The molecular weight excluding hydrogens is 383 g/mol. The van der Waals surface area contributed by atoms with Gasteiger partial charge in [-0.15, -0.1) is 0 Å². The zero-order valence-corrected chi connectivity index (χ0v) is 16.9. The molecule has 2 aliphatic rings. The summed E-state index contributed by atoms with van der Waals surface area (Å²) in [5.41, 5.74) is 3.05. The van der Waals surface area contributed by atoms with Crippen molar-refractivity contribution >= 4 is 11.8 Å². The summed E-state index contributed by atoms with van der Waals surface area (Å²) in [5, 5.41) is 11.8. The van der Waals surface area contributed by atoms with E-state index in [2.05, 4.69) is 17.2 Å². The highest BCUT2D eigenvalue weighted by molar-refractivity contribution is 5.94. The van der Waals surface area contributed by atoms with Gasteiger partial charge in [-0.05, 0) is 48.6 Å². The van der Waals surface area contributed by atoms with Gasteiger partial charge in [-0.1, -0.05) is 43.3 Å². The Balaban J connectivity index is 1.61. The van der Waals surface area contributed by atoms with Crippen molar-refractivity contribution in [2.24, 2.45) is 5.41 Å². The van der Waals surface area contributed by atoms with Crippen molar-refractivity contribution in [2.45, 2.75) is 51.1 Å². The molecule has 0 aliphatic heterocycles. The zero-order chi connectivity index (χ0) is 21.4. The number of amides is 2. The molecular formula is C24H27FN2O3. The van der Waals surface area contributed by atoms with Gasteiger partial charge in [0.2, 0.25) is 5.91 Å². The van der Waals surface area contributed by atoms with Crippen molar-refractivity contribution in [3.63, 3.8) is 0 Å². The van der Waals surface area contributed by atoms with Gasteiger partial charge in [0, 0.05) is 36.1 Å². The monoisotopic (exact) mass is 410 g/mol. The second kappa shape index (κ2) is 10.2. The van der Waals surface area contributed by atoms with Crippen LogP contribution in [0.5, 0.6) is 0 Å². The predicted octanol–water partition coefficient (Wildman–Crippen LogP) is 3.84. The highest BCUT2D eigenvalue weighted by Crippen LogP contribution is 2.38. The van der Waals surface area contributed by atoms with Gasteiger partial charge in [0.1, 0.15) is 6.17 Å². The first-order valence-corrected chi connectivity index (χ1v) is 10.4. The van der Waals surface area contributed by atoms with Crippen LogP contribution in [0.2, 0.25) is 0 Å². The fourth-order valence-electron chi connectivity index (χ4n) is 4.04. The second-order valence-corrected chi connectivity index (χ2v) is 8.04. The standard InChI is InChI=1S/C24H27FN2O3/c25-21-7-3-2-6-19(21)11-8-18-9-12-20(13-10-18)23(29)26-17-24(16-22(28)27-30)14-4-1-5-15-24/h2-3,6,9-10,12-13,21,30H,1,4-5,7,14-17H2,(H,26,29)(H,27,28). The number of benzene rings is 1. The molecule has 1 fully saturated rings. The van der Waals surface area contributed by atoms with Crippen molar-refractivity contribution in [1.29, 1.82) is 0 Å². The quantitative estimate of drug-likeness (QED) is 0.392. The van der Waals surface area contributed by atoms with Crippen LogP contribution in [0.15, 0.2) is 48.1 Å². The summed E-state index contributed by atoms with van der Waals surface area (Å²) in [4.78, 5) is 24.3. The lowest BCUT2D eigenvalue weighted by Gasteiger charge is -2.36. The number of hydroxylamine groups is 1. The van der Waals surface area contributed by atoms with E-state index in [0.717, 1.165) is 32.1 Å². The van der Waals surface area contributed by atoms with E-state index in [1.54, 1.807) is 48.0 Å². The third-order valence-corrected chi connectivity index (χ3v) is 5.79. The summed E-state index contributed by atoms with van der Waals surface area (Å²) in [7, 11) is 0. The van der Waals surface area contributed by atoms with E-state index >= 15 is 0 Å². The summed E-state index contributed by atoms with van der Waals surface area (Å²) >= 11 is 0. The molecule has 3 N–H and O–H groups in total. The number of alkyl halides is 1. The minimum atomic E-state index is -1.06. The zero-order valence-electron chi connectivity index (χ0n) is 16.9. The first kappa shape index (κ1) is 21.8. The molecule has 1 unspecified atom stereocenters. The molecule has 0 radical (unpaired) electrons. The lowest BCUT2D eigenvalue weighted by atomic mass is 9.71. The van der Waals surface area contributed by atoms with E-state index in [1.807, 2.05) is 0 Å². The molecule has 1 saturated carbocycles. The van der Waals surface area contributed by atoms with E-state index < -0.39 is 12.1 Å². The van der Waals surface area contributed by atoms with Gasteiger partial charge in [0.25, 0.3) is 5.91 Å². The molecule has 0 spiro atoms. The maximum atomic E-state index is 13.8. The maximum Gasteiger partial charge on any atom is 0.251 e. The Bertz CT molecular complexity index is 887. The molecule has 5 nitrogen and oxygen atoms in total. The van der Waals surface area contributed by atoms with Crippen LogP contribution < -0.4 is 10.8 Å². The van der Waals surface area contributed by atoms with E-state index in [1.165, 1.54) is 0 Å². The summed E-state index contributed by atoms with van der Waals surface area (Å²) in [5.74, 6) is 5.16. The van der Waals surface area contributed by atoms with Crippen LogP contribution in [0, 0.1) is 17.3 Å². The number of carbonyl (C=O) groups is 2. The van der Waals surface area contributed by atoms with Gasteiger partial charge < -0.3 is 5.32 Å². The number of hydrogen-bond donors (Lipinski definition) is 3. The average molecular weight is 410 g/mol. The highest BCUT2D eigenvalue weighted by atomic mass is 19.1. The van der Waals surface area contributed by atoms with Crippen molar-refractivity contribution in [1.82, 2.24) is 10.8 Å². The first-order valence-electron chi connectivity index (χ1n) is 10.4. The average Bonchev–Trinajstić information content (AvgIpc) is 2.78. The predicted molar refractivity (Wildman–Crippen MR) is 112 cm³/mol. The van der Waals surface area contributed by atoms with E-state index in [0.29, 0.717) is 29.7 Å². The van der Waals surface area contributed by atoms with Gasteiger partial charge in [0.05, 0.1) is 0 Å². The largest absolute Gasteiger partial charge is 0.351 e. The molecule has 0 heterocycles. The Hall–Kier alpha value is -2.91. The molecule has 2 aliphatic carbocycles. The van der Waals surface area contributed by atoms with Crippen LogP contribution >= 0.6 is 0 Å². The van der Waals surface area contributed by atoms with Gasteiger partial charge >= 0.3 is 0 Å². The van der Waals surface area contributed by atoms with Crippen LogP contribution in [-0.2, 0) is 4.79 Å². The summed E-state index contributed by atoms with van der Waals surface area (Å²) in [6, 6.07) is 6.86. The van der Waals surface area contributed by atoms with Crippen LogP contribution in [0.4, 0.5) is 4.39 Å². The molecule has 0 saturated heterocycles. The van der Waals surface area contributed by atoms with Gasteiger partial charge in [0.15, 0.2) is 0 Å². The van der Waals surface area contributed by atoms with Crippen molar-refractivity contribution in [3.05, 3.63) is 59.2 Å². The SMILES string of the molecule is O=C(CC1(CNC(=O)c2ccc(C#CC3=CC=CCC3F)cc2)CCCCC1)NO. The first-order chi connectivity index (χ1) is 14.5. The smallest absolute Gasteiger partial charge is 0.251 e. The molecule has 1 aromatic rings. The van der Waals surface area contributed by atoms with Gasteiger partial charge in [-0.25, -0.2) is 9.87 Å². The number of carbonyl (C=O) groups excluding carboxylic acids is 2. The van der Waals surface area contributed by atoms with Crippen LogP contribution in [0.1, 0.15) is 60.9 Å². The summed E-state index contributed by atoms with van der Waals surface area (Å²) < 4.78 is 13.8. The molecule has 0 aromatic heterocycles. The fourth-order valence-corrected chi connectivity index (χ4v) is 4.04. The Morgan fingerprint density at radius 2 is 1.87 bits per heavy atom.